The first-order chi connectivity index (χ1) is 16.0. The highest BCUT2D eigenvalue weighted by atomic mass is 35.5. The Balaban J connectivity index is 1.33. The van der Waals surface area contributed by atoms with Crippen molar-refractivity contribution in [3.05, 3.63) is 94.5 Å². The van der Waals surface area contributed by atoms with E-state index in [-0.39, 0.29) is 23.8 Å². The molecule has 0 saturated heterocycles. The second-order valence-corrected chi connectivity index (χ2v) is 8.87. The van der Waals surface area contributed by atoms with Crippen molar-refractivity contribution in [1.82, 2.24) is 5.32 Å². The van der Waals surface area contributed by atoms with Crippen LogP contribution in [0.1, 0.15) is 34.8 Å². The molecular formula is C27H27ClN2O3. The second-order valence-electron chi connectivity index (χ2n) is 8.43. The molecule has 33 heavy (non-hydrogen) atoms. The molecule has 0 radical (unpaired) electrons. The van der Waals surface area contributed by atoms with Gasteiger partial charge in [0.2, 0.25) is 5.91 Å². The molecule has 3 aromatic rings. The van der Waals surface area contributed by atoms with E-state index in [1.807, 2.05) is 37.3 Å². The van der Waals surface area contributed by atoms with Gasteiger partial charge in [-0.15, -0.1) is 0 Å². The van der Waals surface area contributed by atoms with Crippen LogP contribution < -0.4 is 15.4 Å². The minimum absolute atomic E-state index is 0.00295. The predicted octanol–water partition coefficient (Wildman–Crippen LogP) is 5.28. The first kappa shape index (κ1) is 22.9. The fourth-order valence-corrected chi connectivity index (χ4v) is 4.03. The average Bonchev–Trinajstić information content (AvgIpc) is 2.83. The Hall–Kier alpha value is -3.31. The summed E-state index contributed by atoms with van der Waals surface area (Å²) >= 11 is 5.89. The first-order valence-electron chi connectivity index (χ1n) is 11.1. The zero-order chi connectivity index (χ0) is 23.2. The van der Waals surface area contributed by atoms with Crippen molar-refractivity contribution >= 4 is 29.1 Å². The van der Waals surface area contributed by atoms with Crippen LogP contribution in [0.3, 0.4) is 0 Å². The van der Waals surface area contributed by atoms with Crippen molar-refractivity contribution < 1.29 is 14.3 Å². The molecule has 2 atom stereocenters. The normalized spacial score (nSPS) is 15.6. The number of carbonyl (C=O) groups excluding carboxylic acids is 2. The molecule has 4 rings (SSSR count). The molecule has 0 fully saturated rings. The van der Waals surface area contributed by atoms with Crippen LogP contribution in [0.25, 0.3) is 0 Å². The third-order valence-electron chi connectivity index (χ3n) is 5.80. The van der Waals surface area contributed by atoms with Crippen LogP contribution in [0.2, 0.25) is 5.02 Å². The third kappa shape index (κ3) is 6.14. The van der Waals surface area contributed by atoms with Crippen molar-refractivity contribution in [3.8, 4) is 5.75 Å². The average molecular weight is 463 g/mol. The molecule has 0 saturated carbocycles. The molecule has 0 spiro atoms. The number of hydrogen-bond donors (Lipinski definition) is 2. The van der Waals surface area contributed by atoms with Gasteiger partial charge in [-0.05, 0) is 79.8 Å². The standard InChI is InChI=1S/C27H27ClN2O3/c1-18(7-8-19-5-3-2-4-6-19)29-27(32)22-15-21-16-24(13-14-25(21)33-17-22)30-26(31)20-9-11-23(28)12-10-20/h2-6,9-14,16,18,22H,7-8,15,17H2,1H3,(H,29,32)(H,30,31)/t18-,22+/m0/s1. The van der Waals surface area contributed by atoms with E-state index >= 15 is 0 Å². The van der Waals surface area contributed by atoms with Crippen LogP contribution in [0.4, 0.5) is 5.69 Å². The Morgan fingerprint density at radius 3 is 2.58 bits per heavy atom. The van der Waals surface area contributed by atoms with E-state index in [1.54, 1.807) is 30.3 Å². The van der Waals surface area contributed by atoms with Gasteiger partial charge in [0, 0.05) is 22.3 Å². The Labute approximate surface area is 199 Å². The topological polar surface area (TPSA) is 67.4 Å². The Kier molecular flexibility index (Phi) is 7.30. The van der Waals surface area contributed by atoms with Crippen molar-refractivity contribution in [1.29, 1.82) is 0 Å². The first-order valence-corrected chi connectivity index (χ1v) is 11.5. The molecule has 0 aliphatic carbocycles. The maximum Gasteiger partial charge on any atom is 0.255 e. The summed E-state index contributed by atoms with van der Waals surface area (Å²) in [5.41, 5.74) is 3.36. The Morgan fingerprint density at radius 1 is 1.06 bits per heavy atom. The van der Waals surface area contributed by atoms with Crippen LogP contribution >= 0.6 is 11.6 Å². The number of fused-ring (bicyclic) bond motifs is 1. The van der Waals surface area contributed by atoms with E-state index in [0.717, 1.165) is 24.2 Å². The summed E-state index contributed by atoms with van der Waals surface area (Å²) in [5.74, 6) is 0.265. The highest BCUT2D eigenvalue weighted by molar-refractivity contribution is 6.30. The van der Waals surface area contributed by atoms with Gasteiger partial charge in [-0.3, -0.25) is 9.59 Å². The van der Waals surface area contributed by atoms with Gasteiger partial charge in [0.05, 0.1) is 5.92 Å². The maximum absolute atomic E-state index is 12.8. The number of benzene rings is 3. The van der Waals surface area contributed by atoms with Gasteiger partial charge in [-0.2, -0.15) is 0 Å². The summed E-state index contributed by atoms with van der Waals surface area (Å²) in [5, 5.41) is 6.60. The zero-order valence-corrected chi connectivity index (χ0v) is 19.3. The summed E-state index contributed by atoms with van der Waals surface area (Å²) in [6, 6.07) is 22.6. The Bertz CT molecular complexity index is 1120. The zero-order valence-electron chi connectivity index (χ0n) is 18.5. The number of amides is 2. The van der Waals surface area contributed by atoms with Crippen LogP contribution in [0, 0.1) is 5.92 Å². The van der Waals surface area contributed by atoms with E-state index in [1.165, 1.54) is 5.56 Å². The van der Waals surface area contributed by atoms with Crippen LogP contribution in [-0.2, 0) is 17.6 Å². The molecule has 170 valence electrons. The molecule has 0 bridgehead atoms. The minimum Gasteiger partial charge on any atom is -0.492 e. The largest absolute Gasteiger partial charge is 0.492 e. The van der Waals surface area contributed by atoms with Crippen molar-refractivity contribution in [2.24, 2.45) is 5.92 Å². The van der Waals surface area contributed by atoms with Crippen molar-refractivity contribution in [3.63, 3.8) is 0 Å². The maximum atomic E-state index is 12.8. The van der Waals surface area contributed by atoms with Gasteiger partial charge in [0.15, 0.2) is 0 Å². The molecule has 6 heteroatoms. The molecule has 5 nitrogen and oxygen atoms in total. The smallest absolute Gasteiger partial charge is 0.255 e. The van der Waals surface area contributed by atoms with E-state index in [4.69, 9.17) is 16.3 Å². The SMILES string of the molecule is C[C@@H](CCc1ccccc1)NC(=O)[C@H]1COc2ccc(NC(=O)c3ccc(Cl)cc3)cc2C1. The van der Waals surface area contributed by atoms with Crippen molar-refractivity contribution in [2.45, 2.75) is 32.2 Å². The molecule has 2 amide bonds. The van der Waals surface area contributed by atoms with E-state index in [0.29, 0.717) is 29.3 Å². The summed E-state index contributed by atoms with van der Waals surface area (Å²) in [7, 11) is 0. The molecule has 1 heterocycles. The molecule has 0 unspecified atom stereocenters. The van der Waals surface area contributed by atoms with Gasteiger partial charge in [0.1, 0.15) is 12.4 Å². The van der Waals surface area contributed by atoms with Crippen LogP contribution in [-0.4, -0.2) is 24.5 Å². The van der Waals surface area contributed by atoms with Gasteiger partial charge in [0.25, 0.3) is 5.91 Å². The molecule has 1 aliphatic rings. The quantitative estimate of drug-likeness (QED) is 0.502. The fourth-order valence-electron chi connectivity index (χ4n) is 3.91. The van der Waals surface area contributed by atoms with Crippen molar-refractivity contribution in [2.75, 3.05) is 11.9 Å². The van der Waals surface area contributed by atoms with E-state index in [9.17, 15) is 9.59 Å². The highest BCUT2D eigenvalue weighted by Gasteiger charge is 2.27. The lowest BCUT2D eigenvalue weighted by Crippen LogP contribution is -2.41. The number of aryl methyl sites for hydroxylation is 1. The van der Waals surface area contributed by atoms with Gasteiger partial charge in [-0.1, -0.05) is 41.9 Å². The van der Waals surface area contributed by atoms with Crippen LogP contribution in [0.15, 0.2) is 72.8 Å². The highest BCUT2D eigenvalue weighted by Crippen LogP contribution is 2.30. The van der Waals surface area contributed by atoms with E-state index < -0.39 is 0 Å². The second kappa shape index (κ2) is 10.5. The van der Waals surface area contributed by atoms with Gasteiger partial charge < -0.3 is 15.4 Å². The molecule has 0 aromatic heterocycles. The van der Waals surface area contributed by atoms with E-state index in [2.05, 4.69) is 22.8 Å². The number of ether oxygens (including phenoxy) is 1. The third-order valence-corrected chi connectivity index (χ3v) is 6.05. The Morgan fingerprint density at radius 2 is 1.82 bits per heavy atom. The number of nitrogens with one attached hydrogen (secondary N) is 2. The molecule has 2 N–H and O–H groups in total. The molecule has 1 aliphatic heterocycles. The number of hydrogen-bond acceptors (Lipinski definition) is 3. The number of rotatable bonds is 7. The van der Waals surface area contributed by atoms with Gasteiger partial charge >= 0.3 is 0 Å². The number of halogens is 1. The monoisotopic (exact) mass is 462 g/mol. The summed E-state index contributed by atoms with van der Waals surface area (Å²) in [6.45, 7) is 2.38. The van der Waals surface area contributed by atoms with Crippen LogP contribution in [0.5, 0.6) is 5.75 Å². The number of carbonyl (C=O) groups is 2. The lowest BCUT2D eigenvalue weighted by atomic mass is 9.95. The summed E-state index contributed by atoms with van der Waals surface area (Å²) in [6.07, 6.45) is 2.36. The summed E-state index contributed by atoms with van der Waals surface area (Å²) < 4.78 is 5.84. The predicted molar refractivity (Wildman–Crippen MR) is 131 cm³/mol. The van der Waals surface area contributed by atoms with Gasteiger partial charge in [-0.25, -0.2) is 0 Å². The lowest BCUT2D eigenvalue weighted by Gasteiger charge is -2.26. The summed E-state index contributed by atoms with van der Waals surface area (Å²) in [4.78, 5) is 25.3. The lowest BCUT2D eigenvalue weighted by molar-refractivity contribution is -0.126. The number of anilines is 1. The molecular weight excluding hydrogens is 436 g/mol. The molecule has 3 aromatic carbocycles. The fraction of sp³-hybridized carbons (Fsp3) is 0.259. The minimum atomic E-state index is -0.265.